The molecule has 0 atom stereocenters. The summed E-state index contributed by atoms with van der Waals surface area (Å²) in [7, 11) is 1.33. The molecule has 0 radical (unpaired) electrons. The summed E-state index contributed by atoms with van der Waals surface area (Å²) in [6.45, 7) is 1.96. The van der Waals surface area contributed by atoms with E-state index in [0.717, 1.165) is 24.5 Å². The molecule has 0 spiro atoms. The lowest BCUT2D eigenvalue weighted by atomic mass is 10.0. The second kappa shape index (κ2) is 12.9. The molecule has 0 bridgehead atoms. The van der Waals surface area contributed by atoms with Crippen LogP contribution in [-0.4, -0.2) is 54.2 Å². The zero-order chi connectivity index (χ0) is 33.3. The number of thioether (sulfide) groups is 1. The van der Waals surface area contributed by atoms with Gasteiger partial charge in [0.2, 0.25) is 0 Å². The number of anilines is 1. The first-order valence-electron chi connectivity index (χ1n) is 14.4. The molecule has 0 N–H and O–H groups in total. The first-order valence-corrected chi connectivity index (χ1v) is 15.2. The van der Waals surface area contributed by atoms with Crippen molar-refractivity contribution >= 4 is 46.0 Å². The minimum absolute atomic E-state index is 0.0669. The molecular formula is C32H26F6N4O4S. The van der Waals surface area contributed by atoms with Gasteiger partial charge >= 0.3 is 12.4 Å². The van der Waals surface area contributed by atoms with E-state index in [2.05, 4.69) is 14.9 Å². The summed E-state index contributed by atoms with van der Waals surface area (Å²) in [6, 6.07) is 14.1. The summed E-state index contributed by atoms with van der Waals surface area (Å²) in [5, 5.41) is 0.574. The van der Waals surface area contributed by atoms with E-state index in [9.17, 15) is 31.1 Å². The van der Waals surface area contributed by atoms with Gasteiger partial charge in [-0.25, -0.2) is 0 Å². The number of halogens is 6. The number of oxazole rings is 1. The summed E-state index contributed by atoms with van der Waals surface area (Å²) in [5.74, 6) is -0.187. The second-order valence-electron chi connectivity index (χ2n) is 10.7. The number of methoxy groups -OCH3 is 1. The average Bonchev–Trinajstić information content (AvgIpc) is 3.53. The summed E-state index contributed by atoms with van der Waals surface area (Å²) in [5.41, 5.74) is -1.28. The Bertz CT molecular complexity index is 1840. The Morgan fingerprint density at radius 1 is 0.915 bits per heavy atom. The second-order valence-corrected chi connectivity index (χ2v) is 11.7. The SMILES string of the molecule is COc1cc(/C=C2\SC(N3CCCN(c4nc5ccccc5o4)CC3)=NC2=O)ccc1OCc1ccc(C(F)(F)F)cc1C(F)(F)F. The molecule has 47 heavy (non-hydrogen) atoms. The molecule has 3 aromatic carbocycles. The van der Waals surface area contributed by atoms with Crippen LogP contribution in [0.1, 0.15) is 28.7 Å². The van der Waals surface area contributed by atoms with E-state index in [4.69, 9.17) is 13.9 Å². The molecule has 4 aromatic rings. The van der Waals surface area contributed by atoms with Crippen molar-refractivity contribution < 1.29 is 45.0 Å². The van der Waals surface area contributed by atoms with E-state index in [-0.39, 0.29) is 17.6 Å². The molecule has 6 rings (SSSR count). The van der Waals surface area contributed by atoms with Gasteiger partial charge < -0.3 is 23.7 Å². The number of rotatable bonds is 6. The van der Waals surface area contributed by atoms with Crippen molar-refractivity contribution in [3.05, 3.63) is 87.8 Å². The van der Waals surface area contributed by atoms with Gasteiger partial charge in [0.15, 0.2) is 22.2 Å². The minimum Gasteiger partial charge on any atom is -0.493 e. The molecule has 3 heterocycles. The fraction of sp³-hybridized carbons (Fsp3) is 0.281. The van der Waals surface area contributed by atoms with Crippen molar-refractivity contribution in [2.45, 2.75) is 25.4 Å². The molecule has 1 fully saturated rings. The third-order valence-electron chi connectivity index (χ3n) is 7.54. The molecule has 1 saturated heterocycles. The predicted molar refractivity (Wildman–Crippen MR) is 164 cm³/mol. The average molecular weight is 677 g/mol. The first kappa shape index (κ1) is 32.3. The largest absolute Gasteiger partial charge is 0.493 e. The maximum absolute atomic E-state index is 13.6. The van der Waals surface area contributed by atoms with Crippen LogP contribution in [0.25, 0.3) is 17.2 Å². The van der Waals surface area contributed by atoms with Crippen LogP contribution in [0.5, 0.6) is 11.5 Å². The van der Waals surface area contributed by atoms with Gasteiger partial charge in [0.05, 0.1) is 23.1 Å². The standard InChI is InChI=1S/C32H26F6N4O4S/c1-44-26-15-19(7-10-25(26)45-18-20-8-9-21(31(33,34)35)17-22(20)32(36,37)38)16-27-28(43)40-30(47-27)42-12-4-11-41(13-14-42)29-39-23-5-2-3-6-24(23)46-29/h2-3,5-10,15-17H,4,11-14,18H2,1H3/b27-16-. The molecule has 0 unspecified atom stereocenters. The van der Waals surface area contributed by atoms with Crippen molar-refractivity contribution in [1.82, 2.24) is 9.88 Å². The Hall–Kier alpha value is -4.66. The van der Waals surface area contributed by atoms with Crippen LogP contribution >= 0.6 is 11.8 Å². The maximum atomic E-state index is 13.6. The molecule has 246 valence electrons. The number of carbonyl (C=O) groups is 1. The van der Waals surface area contributed by atoms with Crippen LogP contribution in [0.15, 0.2) is 75.0 Å². The summed E-state index contributed by atoms with van der Waals surface area (Å²) in [6.07, 6.45) is -7.54. The Morgan fingerprint density at radius 3 is 2.43 bits per heavy atom. The summed E-state index contributed by atoms with van der Waals surface area (Å²) >= 11 is 1.23. The maximum Gasteiger partial charge on any atom is 0.416 e. The number of carbonyl (C=O) groups excluding carboxylic acids is 1. The number of amides is 1. The number of aliphatic imine (C=N–C) groups is 1. The summed E-state index contributed by atoms with van der Waals surface area (Å²) in [4.78, 5) is 26.1. The van der Waals surface area contributed by atoms with Crippen LogP contribution in [-0.2, 0) is 23.8 Å². The monoisotopic (exact) mass is 676 g/mol. The number of hydrogen-bond acceptors (Lipinski definition) is 8. The normalized spacial score (nSPS) is 17.0. The van der Waals surface area contributed by atoms with Crippen LogP contribution in [0.3, 0.4) is 0 Å². The lowest BCUT2D eigenvalue weighted by Gasteiger charge is -2.21. The molecule has 2 aliphatic heterocycles. The highest BCUT2D eigenvalue weighted by atomic mass is 32.2. The number of para-hydroxylation sites is 2. The van der Waals surface area contributed by atoms with Gasteiger partial charge in [0.25, 0.3) is 11.9 Å². The smallest absolute Gasteiger partial charge is 0.416 e. The minimum atomic E-state index is -5.02. The van der Waals surface area contributed by atoms with E-state index in [1.165, 1.54) is 31.0 Å². The van der Waals surface area contributed by atoms with Crippen LogP contribution in [0, 0.1) is 0 Å². The first-order chi connectivity index (χ1) is 22.4. The van der Waals surface area contributed by atoms with Gasteiger partial charge in [-0.05, 0) is 66.2 Å². The highest BCUT2D eigenvalue weighted by Crippen LogP contribution is 2.39. The van der Waals surface area contributed by atoms with Crippen molar-refractivity contribution in [2.24, 2.45) is 4.99 Å². The Morgan fingerprint density at radius 2 is 1.68 bits per heavy atom. The van der Waals surface area contributed by atoms with E-state index in [1.54, 1.807) is 12.1 Å². The number of fused-ring (bicyclic) bond motifs is 1. The molecule has 2 aliphatic rings. The Kier molecular flexibility index (Phi) is 8.83. The van der Waals surface area contributed by atoms with Crippen LogP contribution in [0.2, 0.25) is 0 Å². The molecule has 1 aromatic heterocycles. The number of alkyl halides is 6. The van der Waals surface area contributed by atoms with Gasteiger partial charge in [0.1, 0.15) is 12.1 Å². The number of ether oxygens (including phenoxy) is 2. The Labute approximate surface area is 268 Å². The number of aromatic nitrogens is 1. The Balaban J connectivity index is 1.11. The lowest BCUT2D eigenvalue weighted by molar-refractivity contribution is -0.143. The number of nitrogens with zero attached hydrogens (tertiary/aromatic N) is 4. The van der Waals surface area contributed by atoms with E-state index in [1.807, 2.05) is 29.2 Å². The quantitative estimate of drug-likeness (QED) is 0.152. The molecular weight excluding hydrogens is 650 g/mol. The molecule has 15 heteroatoms. The summed E-state index contributed by atoms with van der Waals surface area (Å²) < 4.78 is 96.5. The topological polar surface area (TPSA) is 80.4 Å². The van der Waals surface area contributed by atoms with E-state index >= 15 is 0 Å². The third kappa shape index (κ3) is 7.19. The third-order valence-corrected chi connectivity index (χ3v) is 8.58. The van der Waals surface area contributed by atoms with E-state index in [0.29, 0.717) is 52.9 Å². The van der Waals surface area contributed by atoms with Gasteiger partial charge in [-0.2, -0.15) is 36.3 Å². The number of hydrogen-bond donors (Lipinski definition) is 0. The molecule has 0 aliphatic carbocycles. The van der Waals surface area contributed by atoms with Crippen molar-refractivity contribution in [3.8, 4) is 11.5 Å². The molecule has 0 saturated carbocycles. The van der Waals surface area contributed by atoms with Gasteiger partial charge in [-0.15, -0.1) is 0 Å². The van der Waals surface area contributed by atoms with Crippen LogP contribution in [0.4, 0.5) is 32.4 Å². The van der Waals surface area contributed by atoms with Crippen molar-refractivity contribution in [2.75, 3.05) is 38.2 Å². The van der Waals surface area contributed by atoms with Crippen molar-refractivity contribution in [3.63, 3.8) is 0 Å². The number of benzene rings is 3. The fourth-order valence-corrected chi connectivity index (χ4v) is 6.14. The van der Waals surface area contributed by atoms with Gasteiger partial charge in [-0.3, -0.25) is 4.79 Å². The molecule has 1 amide bonds. The highest BCUT2D eigenvalue weighted by molar-refractivity contribution is 8.18. The highest BCUT2D eigenvalue weighted by Gasteiger charge is 2.38. The van der Waals surface area contributed by atoms with E-state index < -0.39 is 41.6 Å². The fourth-order valence-electron chi connectivity index (χ4n) is 5.17. The van der Waals surface area contributed by atoms with Crippen LogP contribution < -0.4 is 14.4 Å². The zero-order valence-corrected chi connectivity index (χ0v) is 25.5. The van der Waals surface area contributed by atoms with Gasteiger partial charge in [-0.1, -0.05) is 24.3 Å². The number of amidine groups is 1. The van der Waals surface area contributed by atoms with Crippen molar-refractivity contribution in [1.29, 1.82) is 0 Å². The molecule has 8 nitrogen and oxygen atoms in total. The predicted octanol–water partition coefficient (Wildman–Crippen LogP) is 7.64. The van der Waals surface area contributed by atoms with Gasteiger partial charge in [0, 0.05) is 31.7 Å². The zero-order valence-electron chi connectivity index (χ0n) is 24.7. The lowest BCUT2D eigenvalue weighted by Crippen LogP contribution is -2.33.